The molecule has 5 heteroatoms. The number of rotatable bonds is 5. The van der Waals surface area contributed by atoms with E-state index in [1.807, 2.05) is 6.92 Å². The topological polar surface area (TPSA) is 35.0 Å². The van der Waals surface area contributed by atoms with Crippen LogP contribution in [0.15, 0.2) is 18.2 Å². The predicted molar refractivity (Wildman–Crippen MR) is 74.2 cm³/mol. The van der Waals surface area contributed by atoms with E-state index in [4.69, 9.17) is 4.74 Å². The minimum atomic E-state index is -2.93. The molecule has 0 unspecified atom stereocenters. The van der Waals surface area contributed by atoms with Gasteiger partial charge in [0, 0.05) is 12.5 Å². The van der Waals surface area contributed by atoms with E-state index >= 15 is 0 Å². The van der Waals surface area contributed by atoms with E-state index in [9.17, 15) is 8.78 Å². The molecule has 20 heavy (non-hydrogen) atoms. The number of benzene rings is 1. The van der Waals surface area contributed by atoms with Crippen molar-refractivity contribution in [2.75, 3.05) is 7.11 Å². The first-order valence-electron chi connectivity index (χ1n) is 6.68. The van der Waals surface area contributed by atoms with Gasteiger partial charge in [-0.15, -0.1) is 0 Å². The first-order valence-corrected chi connectivity index (χ1v) is 6.68. The second kappa shape index (κ2) is 5.69. The molecule has 2 rings (SSSR count). The number of alkyl halides is 2. The zero-order valence-electron chi connectivity index (χ0n) is 11.9. The zero-order chi connectivity index (χ0) is 14.8. The van der Waals surface area contributed by atoms with Crippen molar-refractivity contribution in [1.82, 2.24) is 9.97 Å². The zero-order valence-corrected chi connectivity index (χ0v) is 11.9. The van der Waals surface area contributed by atoms with Crippen LogP contribution < -0.4 is 4.74 Å². The van der Waals surface area contributed by atoms with E-state index in [0.717, 1.165) is 6.42 Å². The van der Waals surface area contributed by atoms with Crippen LogP contribution in [0.2, 0.25) is 0 Å². The van der Waals surface area contributed by atoms with Gasteiger partial charge in [0.15, 0.2) is 0 Å². The highest BCUT2D eigenvalue weighted by molar-refractivity contribution is 5.76. The summed E-state index contributed by atoms with van der Waals surface area (Å²) in [6.07, 6.45) is 1.00. The summed E-state index contributed by atoms with van der Waals surface area (Å²) in [5.74, 6) is -2.29. The average molecular weight is 280 g/mol. The predicted octanol–water partition coefficient (Wildman–Crippen LogP) is 4.23. The fourth-order valence-corrected chi connectivity index (χ4v) is 2.11. The highest BCUT2D eigenvalue weighted by atomic mass is 19.3. The summed E-state index contributed by atoms with van der Waals surface area (Å²) in [7, 11) is 1.55. The number of hydrogen-bond donors (Lipinski definition) is 0. The Morgan fingerprint density at radius 1 is 1.20 bits per heavy atom. The van der Waals surface area contributed by atoms with Crippen LogP contribution in [0.4, 0.5) is 8.78 Å². The molecular weight excluding hydrogens is 262 g/mol. The highest BCUT2D eigenvalue weighted by Crippen LogP contribution is 2.34. The molecule has 1 heterocycles. The first-order chi connectivity index (χ1) is 9.47. The largest absolute Gasteiger partial charge is 0.497 e. The summed E-state index contributed by atoms with van der Waals surface area (Å²) in [5.41, 5.74) is 1.08. The van der Waals surface area contributed by atoms with Crippen molar-refractivity contribution in [3.8, 4) is 5.75 Å². The van der Waals surface area contributed by atoms with E-state index in [1.54, 1.807) is 32.2 Å². The molecule has 0 atom stereocenters. The maximum absolute atomic E-state index is 14.2. The molecule has 0 saturated carbocycles. The van der Waals surface area contributed by atoms with Gasteiger partial charge >= 0.3 is 0 Å². The van der Waals surface area contributed by atoms with Crippen LogP contribution >= 0.6 is 0 Å². The Hall–Kier alpha value is -1.78. The summed E-state index contributed by atoms with van der Waals surface area (Å²) in [6.45, 7) is 3.46. The lowest BCUT2D eigenvalue weighted by molar-refractivity contribution is -0.0205. The van der Waals surface area contributed by atoms with Crippen LogP contribution in [0, 0.1) is 6.92 Å². The molecule has 0 spiro atoms. The second-order valence-electron chi connectivity index (χ2n) is 4.82. The lowest BCUT2D eigenvalue weighted by Gasteiger charge is -2.17. The van der Waals surface area contributed by atoms with Crippen molar-refractivity contribution in [3.05, 3.63) is 29.6 Å². The molecule has 1 aromatic carbocycles. The van der Waals surface area contributed by atoms with Crippen molar-refractivity contribution in [1.29, 1.82) is 0 Å². The van der Waals surface area contributed by atoms with E-state index in [1.165, 1.54) is 0 Å². The number of methoxy groups -OCH3 is 1. The quantitative estimate of drug-likeness (QED) is 0.822. The molecule has 0 aliphatic carbocycles. The van der Waals surface area contributed by atoms with E-state index in [0.29, 0.717) is 23.2 Å². The number of halogens is 2. The summed E-state index contributed by atoms with van der Waals surface area (Å²) in [6, 6.07) is 5.05. The Balaban J connectivity index is 2.47. The molecule has 0 saturated heterocycles. The van der Waals surface area contributed by atoms with Gasteiger partial charge in [0.2, 0.25) is 0 Å². The third-order valence-corrected chi connectivity index (χ3v) is 3.24. The third-order valence-electron chi connectivity index (χ3n) is 3.24. The van der Waals surface area contributed by atoms with Gasteiger partial charge in [-0.25, -0.2) is 9.97 Å². The molecule has 108 valence electrons. The Labute approximate surface area is 117 Å². The molecule has 0 N–H and O–H groups in total. The Bertz CT molecular complexity index is 614. The number of unbranched alkanes of at least 4 members (excludes halogenated alkanes) is 1. The van der Waals surface area contributed by atoms with E-state index < -0.39 is 5.92 Å². The van der Waals surface area contributed by atoms with Gasteiger partial charge in [-0.1, -0.05) is 13.3 Å². The summed E-state index contributed by atoms with van der Waals surface area (Å²) >= 11 is 0. The molecule has 0 bridgehead atoms. The molecule has 2 aromatic rings. The van der Waals surface area contributed by atoms with Crippen LogP contribution in [-0.2, 0) is 5.92 Å². The number of fused-ring (bicyclic) bond motifs is 1. The maximum atomic E-state index is 14.2. The van der Waals surface area contributed by atoms with Crippen molar-refractivity contribution in [2.45, 2.75) is 39.0 Å². The standard InChI is InChI=1S/C15H18F2N2O/c1-4-5-8-15(16,17)14-10(2)18-13-9-11(20-3)6-7-12(13)19-14/h6-7,9H,4-5,8H2,1-3H3. The minimum absolute atomic E-state index is 0.194. The van der Waals surface area contributed by atoms with Crippen molar-refractivity contribution in [2.24, 2.45) is 0 Å². The number of nitrogens with zero attached hydrogens (tertiary/aromatic N) is 2. The van der Waals surface area contributed by atoms with Gasteiger partial charge in [-0.3, -0.25) is 0 Å². The van der Waals surface area contributed by atoms with Crippen LogP contribution in [0.25, 0.3) is 11.0 Å². The smallest absolute Gasteiger partial charge is 0.291 e. The van der Waals surface area contributed by atoms with Gasteiger partial charge in [-0.05, 0) is 25.5 Å². The third kappa shape index (κ3) is 2.86. The van der Waals surface area contributed by atoms with Gasteiger partial charge in [0.05, 0.1) is 23.8 Å². The number of aromatic nitrogens is 2. The molecule has 0 radical (unpaired) electrons. The average Bonchev–Trinajstić information content (AvgIpc) is 2.43. The molecule has 0 aliphatic rings. The maximum Gasteiger partial charge on any atom is 0.291 e. The number of ether oxygens (including phenoxy) is 1. The second-order valence-corrected chi connectivity index (χ2v) is 4.82. The van der Waals surface area contributed by atoms with Crippen LogP contribution in [0.3, 0.4) is 0 Å². The number of hydrogen-bond acceptors (Lipinski definition) is 3. The van der Waals surface area contributed by atoms with Crippen molar-refractivity contribution < 1.29 is 13.5 Å². The molecular formula is C15H18F2N2O. The van der Waals surface area contributed by atoms with Gasteiger partial charge in [0.25, 0.3) is 5.92 Å². The molecule has 1 aromatic heterocycles. The number of aryl methyl sites for hydroxylation is 1. The summed E-state index contributed by atoms with van der Waals surface area (Å²) in [4.78, 5) is 8.34. The highest BCUT2D eigenvalue weighted by Gasteiger charge is 2.35. The fraction of sp³-hybridized carbons (Fsp3) is 0.467. The molecule has 0 aliphatic heterocycles. The fourth-order valence-electron chi connectivity index (χ4n) is 2.11. The monoisotopic (exact) mass is 280 g/mol. The van der Waals surface area contributed by atoms with Crippen molar-refractivity contribution >= 4 is 11.0 Å². The van der Waals surface area contributed by atoms with Gasteiger partial charge in [0.1, 0.15) is 11.4 Å². The first kappa shape index (κ1) is 14.6. The Morgan fingerprint density at radius 2 is 1.95 bits per heavy atom. The summed E-state index contributed by atoms with van der Waals surface area (Å²) in [5, 5.41) is 0. The van der Waals surface area contributed by atoms with Crippen LogP contribution in [0.1, 0.15) is 37.6 Å². The lowest BCUT2D eigenvalue weighted by Crippen LogP contribution is -2.18. The van der Waals surface area contributed by atoms with Crippen molar-refractivity contribution in [3.63, 3.8) is 0 Å². The molecule has 3 nitrogen and oxygen atoms in total. The van der Waals surface area contributed by atoms with Crippen LogP contribution in [-0.4, -0.2) is 17.1 Å². The van der Waals surface area contributed by atoms with E-state index in [-0.39, 0.29) is 17.8 Å². The Kier molecular flexibility index (Phi) is 4.16. The van der Waals surface area contributed by atoms with E-state index in [2.05, 4.69) is 9.97 Å². The van der Waals surface area contributed by atoms with Crippen LogP contribution in [0.5, 0.6) is 5.75 Å². The normalized spacial score (nSPS) is 11.8. The van der Waals surface area contributed by atoms with Gasteiger partial charge in [-0.2, -0.15) is 8.78 Å². The molecule has 0 fully saturated rings. The summed E-state index contributed by atoms with van der Waals surface area (Å²) < 4.78 is 33.4. The SMILES string of the molecule is CCCCC(F)(F)c1nc2ccc(OC)cc2nc1C. The van der Waals surface area contributed by atoms with Gasteiger partial charge < -0.3 is 4.74 Å². The lowest BCUT2D eigenvalue weighted by atomic mass is 10.1. The minimum Gasteiger partial charge on any atom is -0.497 e. The Morgan fingerprint density at radius 3 is 2.60 bits per heavy atom. The molecule has 0 amide bonds.